The topological polar surface area (TPSA) is 68.8 Å². The minimum absolute atomic E-state index is 0.197. The summed E-state index contributed by atoms with van der Waals surface area (Å²) in [5.41, 5.74) is 5.00. The van der Waals surface area contributed by atoms with Crippen LogP contribution < -0.4 is 4.74 Å². The Bertz CT molecular complexity index is 1060. The fraction of sp³-hybridized carbons (Fsp3) is 0.400. The van der Waals surface area contributed by atoms with Gasteiger partial charge in [-0.25, -0.2) is 4.79 Å². The molecule has 1 fully saturated rings. The van der Waals surface area contributed by atoms with Crippen molar-refractivity contribution in [2.75, 3.05) is 33.3 Å². The number of piperazine rings is 1. The van der Waals surface area contributed by atoms with Crippen molar-refractivity contribution in [2.24, 2.45) is 0 Å². The number of carboxylic acids is 1. The lowest BCUT2D eigenvalue weighted by atomic mass is 9.98. The number of carboxylic acid groups (broad SMARTS) is 1. The molecular weight excluding hydrogens is 390 g/mol. The van der Waals surface area contributed by atoms with Crippen molar-refractivity contribution in [1.82, 2.24) is 14.8 Å². The molecule has 0 radical (unpaired) electrons. The minimum Gasteiger partial charge on any atom is -0.496 e. The summed E-state index contributed by atoms with van der Waals surface area (Å²) in [6.45, 7) is 9.09. The van der Waals surface area contributed by atoms with E-state index in [9.17, 15) is 9.90 Å². The Morgan fingerprint density at radius 2 is 2.00 bits per heavy atom. The molecule has 2 aromatic carbocycles. The molecule has 31 heavy (non-hydrogen) atoms. The fourth-order valence-electron chi connectivity index (χ4n) is 4.73. The fourth-order valence-corrected chi connectivity index (χ4v) is 4.73. The number of ether oxygens (including phenoxy) is 1. The van der Waals surface area contributed by atoms with Gasteiger partial charge in [-0.15, -0.1) is 0 Å². The number of aromatic amines is 1. The van der Waals surface area contributed by atoms with Crippen molar-refractivity contribution in [3.05, 3.63) is 64.8 Å². The van der Waals surface area contributed by atoms with E-state index in [1.54, 1.807) is 19.2 Å². The number of nitrogens with one attached hydrogen (secondary N) is 1. The van der Waals surface area contributed by atoms with Gasteiger partial charge in [0.15, 0.2) is 0 Å². The predicted octanol–water partition coefficient (Wildman–Crippen LogP) is 4.45. The van der Waals surface area contributed by atoms with Gasteiger partial charge in [-0.3, -0.25) is 4.90 Å². The summed E-state index contributed by atoms with van der Waals surface area (Å²) in [5, 5.41) is 10.5. The van der Waals surface area contributed by atoms with E-state index in [1.165, 1.54) is 16.5 Å². The Hall–Kier alpha value is -2.83. The summed E-state index contributed by atoms with van der Waals surface area (Å²) in [7, 11) is 1.73. The van der Waals surface area contributed by atoms with E-state index in [0.717, 1.165) is 56.0 Å². The van der Waals surface area contributed by atoms with Crippen molar-refractivity contribution in [3.63, 3.8) is 0 Å². The van der Waals surface area contributed by atoms with E-state index in [4.69, 9.17) is 4.74 Å². The molecule has 1 saturated heterocycles. The zero-order valence-electron chi connectivity index (χ0n) is 18.5. The van der Waals surface area contributed by atoms with Crippen LogP contribution in [0.1, 0.15) is 46.4 Å². The number of aromatic carboxylic acids is 1. The molecule has 0 aliphatic carbocycles. The molecule has 0 spiro atoms. The van der Waals surface area contributed by atoms with E-state index in [-0.39, 0.29) is 6.04 Å². The Morgan fingerprint density at radius 1 is 1.23 bits per heavy atom. The highest BCUT2D eigenvalue weighted by molar-refractivity contribution is 5.88. The molecule has 1 aliphatic rings. The number of hydrogen-bond donors (Lipinski definition) is 2. The molecule has 0 amide bonds. The smallest absolute Gasteiger partial charge is 0.335 e. The molecule has 0 unspecified atom stereocenters. The number of benzene rings is 2. The van der Waals surface area contributed by atoms with Gasteiger partial charge in [0.05, 0.1) is 12.7 Å². The van der Waals surface area contributed by atoms with Crippen molar-refractivity contribution in [2.45, 2.75) is 32.9 Å². The van der Waals surface area contributed by atoms with Crippen molar-refractivity contribution in [3.8, 4) is 5.75 Å². The standard InChI is InChI=1S/C25H31N3O3/c1-4-11-27-12-13-28(22(16-27)18-5-7-19(8-6-18)25(29)30)15-21-20-9-10-26-24(20)17(2)14-23(21)31-3/h5-10,14,22,26H,4,11-13,15-16H2,1-3H3,(H,29,30)/t22-/m0/s1. The maximum absolute atomic E-state index is 11.3. The van der Waals surface area contributed by atoms with Gasteiger partial charge in [0.1, 0.15) is 5.75 Å². The Labute approximate surface area is 183 Å². The molecule has 1 aliphatic heterocycles. The first-order valence-corrected chi connectivity index (χ1v) is 10.9. The zero-order chi connectivity index (χ0) is 22.0. The quantitative estimate of drug-likeness (QED) is 0.590. The van der Waals surface area contributed by atoms with Gasteiger partial charge in [-0.2, -0.15) is 0 Å². The second-order valence-electron chi connectivity index (χ2n) is 8.35. The second kappa shape index (κ2) is 9.12. The number of aryl methyl sites for hydroxylation is 1. The number of fused-ring (bicyclic) bond motifs is 1. The normalized spacial score (nSPS) is 17.8. The number of rotatable bonds is 7. The third kappa shape index (κ3) is 4.31. The van der Waals surface area contributed by atoms with Crippen LogP contribution in [-0.4, -0.2) is 59.1 Å². The molecule has 164 valence electrons. The Morgan fingerprint density at radius 3 is 2.68 bits per heavy atom. The average molecular weight is 422 g/mol. The maximum atomic E-state index is 11.3. The lowest BCUT2D eigenvalue weighted by Gasteiger charge is -2.42. The second-order valence-corrected chi connectivity index (χ2v) is 8.35. The van der Waals surface area contributed by atoms with Crippen molar-refractivity contribution in [1.29, 1.82) is 0 Å². The first kappa shape index (κ1) is 21.4. The van der Waals surface area contributed by atoms with Crippen LogP contribution >= 0.6 is 0 Å². The first-order chi connectivity index (χ1) is 15.0. The van der Waals surface area contributed by atoms with Crippen LogP contribution in [0.3, 0.4) is 0 Å². The molecular formula is C25H31N3O3. The third-order valence-corrected chi connectivity index (χ3v) is 6.35. The van der Waals surface area contributed by atoms with E-state index in [0.29, 0.717) is 5.56 Å². The molecule has 2 heterocycles. The molecule has 6 heteroatoms. The van der Waals surface area contributed by atoms with Crippen LogP contribution in [0.4, 0.5) is 0 Å². The van der Waals surface area contributed by atoms with Gasteiger partial charge >= 0.3 is 5.97 Å². The predicted molar refractivity (Wildman–Crippen MR) is 123 cm³/mol. The largest absolute Gasteiger partial charge is 0.496 e. The minimum atomic E-state index is -0.890. The summed E-state index contributed by atoms with van der Waals surface area (Å²) in [6, 6.07) is 11.8. The summed E-state index contributed by atoms with van der Waals surface area (Å²) in [5.74, 6) is 0.0273. The highest BCUT2D eigenvalue weighted by Gasteiger charge is 2.29. The lowest BCUT2D eigenvalue weighted by molar-refractivity contribution is 0.0674. The summed E-state index contributed by atoms with van der Waals surface area (Å²) in [6.07, 6.45) is 3.11. The third-order valence-electron chi connectivity index (χ3n) is 6.35. The highest BCUT2D eigenvalue weighted by atomic mass is 16.5. The Balaban J connectivity index is 1.69. The van der Waals surface area contributed by atoms with Crippen LogP contribution in [0.5, 0.6) is 5.75 Å². The molecule has 1 aromatic heterocycles. The first-order valence-electron chi connectivity index (χ1n) is 10.9. The summed E-state index contributed by atoms with van der Waals surface area (Å²) < 4.78 is 5.77. The van der Waals surface area contributed by atoms with E-state index in [1.807, 2.05) is 18.3 Å². The summed E-state index contributed by atoms with van der Waals surface area (Å²) in [4.78, 5) is 19.7. The monoisotopic (exact) mass is 421 g/mol. The molecule has 6 nitrogen and oxygen atoms in total. The van der Waals surface area contributed by atoms with Gasteiger partial charge in [-0.1, -0.05) is 19.1 Å². The number of aromatic nitrogens is 1. The molecule has 1 atom stereocenters. The molecule has 0 saturated carbocycles. The van der Waals surface area contributed by atoms with Crippen LogP contribution in [0, 0.1) is 6.92 Å². The number of H-pyrrole nitrogens is 1. The average Bonchev–Trinajstić information content (AvgIpc) is 3.27. The maximum Gasteiger partial charge on any atom is 0.335 e. The van der Waals surface area contributed by atoms with E-state index >= 15 is 0 Å². The molecule has 0 bridgehead atoms. The van der Waals surface area contributed by atoms with Gasteiger partial charge in [-0.05, 0) is 55.3 Å². The number of nitrogens with zero attached hydrogens (tertiary/aromatic N) is 2. The Kier molecular flexibility index (Phi) is 6.30. The van der Waals surface area contributed by atoms with Gasteiger partial charge in [0.2, 0.25) is 0 Å². The van der Waals surface area contributed by atoms with E-state index < -0.39 is 5.97 Å². The molecule has 2 N–H and O–H groups in total. The van der Waals surface area contributed by atoms with E-state index in [2.05, 4.69) is 40.8 Å². The van der Waals surface area contributed by atoms with Gasteiger partial charge < -0.3 is 19.7 Å². The lowest BCUT2D eigenvalue weighted by Crippen LogP contribution is -2.48. The number of carbonyl (C=O) groups is 1. The molecule has 3 aromatic rings. The van der Waals surface area contributed by atoms with Gasteiger partial charge in [0, 0.05) is 54.9 Å². The molecule has 4 rings (SSSR count). The highest BCUT2D eigenvalue weighted by Crippen LogP contribution is 2.35. The van der Waals surface area contributed by atoms with Crippen LogP contribution in [0.15, 0.2) is 42.6 Å². The van der Waals surface area contributed by atoms with Crippen LogP contribution in [0.25, 0.3) is 10.9 Å². The SMILES string of the molecule is CCCN1CCN(Cc2c(OC)cc(C)c3[nH]ccc23)[C@H](c2ccc(C(=O)O)cc2)C1. The van der Waals surface area contributed by atoms with Crippen molar-refractivity contribution < 1.29 is 14.6 Å². The number of methoxy groups -OCH3 is 1. The zero-order valence-corrected chi connectivity index (χ0v) is 18.5. The van der Waals surface area contributed by atoms with Gasteiger partial charge in [0.25, 0.3) is 0 Å². The van der Waals surface area contributed by atoms with Crippen LogP contribution in [-0.2, 0) is 6.54 Å². The number of hydrogen-bond acceptors (Lipinski definition) is 4. The van der Waals surface area contributed by atoms with Crippen LogP contribution in [0.2, 0.25) is 0 Å². The summed E-state index contributed by atoms with van der Waals surface area (Å²) >= 11 is 0. The van der Waals surface area contributed by atoms with Crippen molar-refractivity contribution >= 4 is 16.9 Å².